The molecule has 0 saturated heterocycles. The van der Waals surface area contributed by atoms with Gasteiger partial charge in [-0.25, -0.2) is 14.0 Å². The lowest BCUT2D eigenvalue weighted by Crippen LogP contribution is -2.41. The number of halogens is 2. The first-order valence-electron chi connectivity index (χ1n) is 7.54. The van der Waals surface area contributed by atoms with Gasteiger partial charge >= 0.3 is 7.58 Å². The number of nitrogens with zero attached hydrogens (tertiary/aromatic N) is 4. The molecular weight excluding hydrogens is 330 g/mol. The Morgan fingerprint density at radius 1 is 0.700 bits per heavy atom. The third kappa shape index (κ3) is 4.70. The molecule has 0 fully saturated rings. The van der Waals surface area contributed by atoms with Crippen LogP contribution in [0.2, 0.25) is 0 Å². The van der Waals surface area contributed by atoms with Crippen LogP contribution in [0.25, 0.3) is 0 Å². The van der Waals surface area contributed by atoms with Gasteiger partial charge in [0.15, 0.2) is 7.51 Å². The fourth-order valence-corrected chi connectivity index (χ4v) is 10.1. The first-order valence-corrected chi connectivity index (χ1v) is 12.6. The van der Waals surface area contributed by atoms with Crippen molar-refractivity contribution in [1.82, 2.24) is 14.0 Å². The van der Waals surface area contributed by atoms with Crippen LogP contribution in [-0.2, 0) is 0 Å². The highest BCUT2D eigenvalue weighted by Crippen LogP contribution is 2.59. The molecule has 121 valence electrons. The normalized spacial score (nSPS) is 13.0. The van der Waals surface area contributed by atoms with Crippen LogP contribution in [0, 0.1) is 0 Å². The monoisotopic (exact) mass is 359 g/mol. The van der Waals surface area contributed by atoms with E-state index in [1.807, 2.05) is 0 Å². The van der Waals surface area contributed by atoms with E-state index in [0.717, 1.165) is 39.3 Å². The van der Waals surface area contributed by atoms with Gasteiger partial charge in [0.2, 0.25) is 0 Å². The van der Waals surface area contributed by atoms with Crippen LogP contribution in [0.4, 0.5) is 0 Å². The predicted octanol–water partition coefficient (Wildman–Crippen LogP) is 4.42. The quantitative estimate of drug-likeness (QED) is 0.327. The second kappa shape index (κ2) is 10.6. The maximum absolute atomic E-state index is 6.18. The Labute approximate surface area is 136 Å². The summed E-state index contributed by atoms with van der Waals surface area (Å²) in [5.74, 6) is 0. The van der Waals surface area contributed by atoms with Crippen molar-refractivity contribution in [2.75, 3.05) is 39.3 Å². The first-order chi connectivity index (χ1) is 9.47. The van der Waals surface area contributed by atoms with Gasteiger partial charge in [0.1, 0.15) is 0 Å². The molecule has 0 bridgehead atoms. The highest BCUT2D eigenvalue weighted by atomic mass is 35.7. The van der Waals surface area contributed by atoms with E-state index in [1.54, 1.807) is 0 Å². The second-order valence-electron chi connectivity index (χ2n) is 4.29. The van der Waals surface area contributed by atoms with Crippen LogP contribution in [0.15, 0.2) is 4.41 Å². The van der Waals surface area contributed by atoms with E-state index >= 15 is 0 Å². The highest BCUT2D eigenvalue weighted by molar-refractivity contribution is 7.62. The summed E-state index contributed by atoms with van der Waals surface area (Å²) in [5.41, 5.74) is 0. The summed E-state index contributed by atoms with van der Waals surface area (Å²) in [5, 5.41) is 0. The molecule has 0 aromatic rings. The maximum atomic E-state index is 6.18. The maximum Gasteiger partial charge on any atom is 0.416 e. The van der Waals surface area contributed by atoms with Crippen molar-refractivity contribution in [3.8, 4) is 0 Å². The Hall–Kier alpha value is 0.907. The van der Waals surface area contributed by atoms with Crippen LogP contribution < -0.4 is 0 Å². The Morgan fingerprint density at radius 2 is 0.950 bits per heavy atom. The molecule has 0 unspecified atom stereocenters. The van der Waals surface area contributed by atoms with Gasteiger partial charge in [-0.2, -0.15) is 0 Å². The van der Waals surface area contributed by atoms with Gasteiger partial charge in [0.25, 0.3) is 0 Å². The standard InChI is InChI=1S/C12H30Cl2N4PSi/c1-7-16(8-2)19(15-20(13)14,17(9-3)10-4)18(11-5)12-6/h7-12H2,1-6H3. The summed E-state index contributed by atoms with van der Waals surface area (Å²) in [7, 11) is -3.67. The highest BCUT2D eigenvalue weighted by Gasteiger charge is 2.37. The number of rotatable bonds is 10. The molecule has 0 aromatic heterocycles. The molecule has 0 spiro atoms. The van der Waals surface area contributed by atoms with Crippen LogP contribution in [0.3, 0.4) is 0 Å². The fourth-order valence-electron chi connectivity index (χ4n) is 2.64. The first kappa shape index (κ1) is 20.9. The Bertz CT molecular complexity index is 268. The molecule has 0 N–H and O–H groups in total. The smallest absolute Gasteiger partial charge is 0.263 e. The van der Waals surface area contributed by atoms with E-state index < -0.39 is 15.1 Å². The van der Waals surface area contributed by atoms with Crippen molar-refractivity contribution >= 4 is 37.2 Å². The number of hydrogen-bond donors (Lipinski definition) is 0. The third-order valence-electron chi connectivity index (χ3n) is 3.54. The van der Waals surface area contributed by atoms with Crippen LogP contribution in [0.5, 0.6) is 0 Å². The van der Waals surface area contributed by atoms with Gasteiger partial charge in [-0.3, -0.25) is 4.41 Å². The van der Waals surface area contributed by atoms with Gasteiger partial charge in [-0.1, -0.05) is 41.5 Å². The molecule has 0 aromatic carbocycles. The topological polar surface area (TPSA) is 22.1 Å². The number of hydrogen-bond acceptors (Lipinski definition) is 1. The lowest BCUT2D eigenvalue weighted by molar-refractivity contribution is 0.341. The van der Waals surface area contributed by atoms with Crippen LogP contribution in [-0.4, -0.2) is 60.9 Å². The predicted molar refractivity (Wildman–Crippen MR) is 95.6 cm³/mol. The van der Waals surface area contributed by atoms with Crippen molar-refractivity contribution in [3.63, 3.8) is 0 Å². The van der Waals surface area contributed by atoms with Crippen molar-refractivity contribution in [3.05, 3.63) is 0 Å². The minimum Gasteiger partial charge on any atom is -0.263 e. The molecular formula is C12H30Cl2N4PSi. The molecule has 4 nitrogen and oxygen atoms in total. The second-order valence-corrected chi connectivity index (χ2v) is 11.1. The summed E-state index contributed by atoms with van der Waals surface area (Å²) in [6, 6.07) is 0. The fraction of sp³-hybridized carbons (Fsp3) is 1.00. The molecule has 0 atom stereocenters. The molecule has 0 saturated carbocycles. The molecule has 8 heteroatoms. The van der Waals surface area contributed by atoms with Crippen molar-refractivity contribution in [1.29, 1.82) is 0 Å². The zero-order valence-electron chi connectivity index (χ0n) is 13.7. The van der Waals surface area contributed by atoms with Gasteiger partial charge in [-0.05, 0) is 0 Å². The Kier molecular flexibility index (Phi) is 11.1. The summed E-state index contributed by atoms with van der Waals surface area (Å²) in [6.45, 7) is 18.9. The van der Waals surface area contributed by atoms with Crippen LogP contribution >= 0.6 is 29.7 Å². The molecule has 0 heterocycles. The van der Waals surface area contributed by atoms with Crippen molar-refractivity contribution < 1.29 is 0 Å². The van der Waals surface area contributed by atoms with E-state index in [2.05, 4.69) is 55.6 Å². The summed E-state index contributed by atoms with van der Waals surface area (Å²) < 4.78 is 12.3. The minimum absolute atomic E-state index is 0.962. The molecule has 1 radical (unpaired) electrons. The minimum atomic E-state index is -1.98. The largest absolute Gasteiger partial charge is 0.416 e. The van der Waals surface area contributed by atoms with Gasteiger partial charge in [-0.15, -0.1) is 22.2 Å². The van der Waals surface area contributed by atoms with Crippen LogP contribution in [0.1, 0.15) is 41.5 Å². The zero-order chi connectivity index (χ0) is 15.8. The van der Waals surface area contributed by atoms with E-state index in [-0.39, 0.29) is 0 Å². The zero-order valence-corrected chi connectivity index (χ0v) is 17.1. The SMILES string of the molecule is CCN(CC)P(=N[Si](Cl)Cl)(N(CC)CC)N(CC)CC. The molecule has 0 amide bonds. The van der Waals surface area contributed by atoms with E-state index in [9.17, 15) is 0 Å². The van der Waals surface area contributed by atoms with Crippen molar-refractivity contribution in [2.24, 2.45) is 4.41 Å². The van der Waals surface area contributed by atoms with Crippen molar-refractivity contribution in [2.45, 2.75) is 41.5 Å². The summed E-state index contributed by atoms with van der Waals surface area (Å²) in [4.78, 5) is 0. The van der Waals surface area contributed by atoms with E-state index in [1.165, 1.54) is 0 Å². The Balaban J connectivity index is 6.15. The molecule has 0 aliphatic rings. The van der Waals surface area contributed by atoms with E-state index in [4.69, 9.17) is 26.6 Å². The summed E-state index contributed by atoms with van der Waals surface area (Å²) >= 11 is 12.4. The lowest BCUT2D eigenvalue weighted by Gasteiger charge is -2.48. The Morgan fingerprint density at radius 3 is 1.10 bits per heavy atom. The van der Waals surface area contributed by atoms with E-state index in [0.29, 0.717) is 0 Å². The third-order valence-corrected chi connectivity index (χ3v) is 10.6. The average Bonchev–Trinajstić information content (AvgIpc) is 2.41. The molecule has 0 rings (SSSR count). The van der Waals surface area contributed by atoms with Gasteiger partial charge < -0.3 is 0 Å². The summed E-state index contributed by atoms with van der Waals surface area (Å²) in [6.07, 6.45) is 0. The van der Waals surface area contributed by atoms with Gasteiger partial charge in [0.05, 0.1) is 0 Å². The van der Waals surface area contributed by atoms with Gasteiger partial charge in [0, 0.05) is 39.3 Å². The molecule has 20 heavy (non-hydrogen) atoms. The lowest BCUT2D eigenvalue weighted by atomic mass is 10.7. The molecule has 0 aliphatic heterocycles. The molecule has 0 aliphatic carbocycles. The average molecular weight is 360 g/mol.